The summed E-state index contributed by atoms with van der Waals surface area (Å²) in [5.41, 5.74) is 3.39. The van der Waals surface area contributed by atoms with Crippen LogP contribution < -0.4 is 15.4 Å². The first kappa shape index (κ1) is 24.0. The summed E-state index contributed by atoms with van der Waals surface area (Å²) in [5, 5.41) is 6.22. The summed E-state index contributed by atoms with van der Waals surface area (Å²) in [6, 6.07) is 8.99. The van der Waals surface area contributed by atoms with Gasteiger partial charge in [0, 0.05) is 25.4 Å². The van der Waals surface area contributed by atoms with E-state index in [0.29, 0.717) is 18.1 Å². The number of pyridine rings is 1. The first-order valence-electron chi connectivity index (χ1n) is 8.42. The molecule has 0 aliphatic rings. The molecular formula is C19H24F3IN4O. The highest BCUT2D eigenvalue weighted by Gasteiger charge is 2.28. The number of hydrogen-bond donors (Lipinski definition) is 2. The number of benzene rings is 1. The number of guanidine groups is 1. The summed E-state index contributed by atoms with van der Waals surface area (Å²) in [5.74, 6) is 0.721. The first-order valence-corrected chi connectivity index (χ1v) is 8.42. The van der Waals surface area contributed by atoms with Gasteiger partial charge in [-0.3, -0.25) is 9.98 Å². The van der Waals surface area contributed by atoms with Crippen LogP contribution in [0.15, 0.2) is 41.5 Å². The predicted molar refractivity (Wildman–Crippen MR) is 114 cm³/mol. The van der Waals surface area contributed by atoms with Crippen LogP contribution in [0.2, 0.25) is 0 Å². The maximum atomic E-state index is 12.5. The molecule has 0 fully saturated rings. The molecule has 0 saturated heterocycles. The average Bonchev–Trinajstić information content (AvgIpc) is 2.62. The van der Waals surface area contributed by atoms with Gasteiger partial charge in [0.25, 0.3) is 0 Å². The van der Waals surface area contributed by atoms with Gasteiger partial charge in [-0.2, -0.15) is 13.2 Å². The molecule has 9 heteroatoms. The molecule has 2 aromatic rings. The molecule has 0 saturated carbocycles. The number of nitrogens with one attached hydrogen (secondary N) is 2. The predicted octanol–water partition coefficient (Wildman–Crippen LogP) is 4.12. The molecule has 28 heavy (non-hydrogen) atoms. The Morgan fingerprint density at radius 3 is 2.50 bits per heavy atom. The van der Waals surface area contributed by atoms with Gasteiger partial charge < -0.3 is 15.4 Å². The van der Waals surface area contributed by atoms with E-state index in [4.69, 9.17) is 4.74 Å². The Balaban J connectivity index is 0.00000392. The van der Waals surface area contributed by atoms with Crippen molar-refractivity contribution in [2.75, 3.05) is 13.7 Å². The van der Waals surface area contributed by atoms with E-state index in [1.807, 2.05) is 25.1 Å². The molecule has 0 atom stereocenters. The molecule has 0 radical (unpaired) electrons. The Morgan fingerprint density at radius 1 is 1.14 bits per heavy atom. The summed E-state index contributed by atoms with van der Waals surface area (Å²) >= 11 is 0. The van der Waals surface area contributed by atoms with E-state index in [1.165, 1.54) is 0 Å². The van der Waals surface area contributed by atoms with Crippen molar-refractivity contribution in [3.05, 3.63) is 58.9 Å². The lowest BCUT2D eigenvalue weighted by molar-refractivity contribution is -0.153. The lowest BCUT2D eigenvalue weighted by Gasteiger charge is -2.16. The van der Waals surface area contributed by atoms with Crippen molar-refractivity contribution in [1.82, 2.24) is 15.6 Å². The molecule has 1 heterocycles. The van der Waals surface area contributed by atoms with E-state index in [-0.39, 0.29) is 36.3 Å². The molecule has 154 valence electrons. The summed E-state index contributed by atoms with van der Waals surface area (Å²) < 4.78 is 42.3. The number of nitrogens with zero attached hydrogens (tertiary/aromatic N) is 2. The van der Waals surface area contributed by atoms with E-state index in [1.54, 1.807) is 32.3 Å². The number of ether oxygens (including phenoxy) is 1. The van der Waals surface area contributed by atoms with E-state index in [0.717, 1.165) is 16.8 Å². The number of hydrogen-bond acceptors (Lipinski definition) is 3. The maximum Gasteiger partial charge on any atom is 0.422 e. The van der Waals surface area contributed by atoms with Crippen LogP contribution in [0.1, 0.15) is 22.4 Å². The minimum Gasteiger partial charge on any atom is -0.484 e. The van der Waals surface area contributed by atoms with Crippen molar-refractivity contribution in [2.24, 2.45) is 4.99 Å². The molecule has 0 bridgehead atoms. The number of rotatable bonds is 6. The molecule has 0 aliphatic carbocycles. The van der Waals surface area contributed by atoms with Gasteiger partial charge in [0.05, 0.1) is 12.2 Å². The molecule has 0 unspecified atom stereocenters. The normalized spacial score (nSPS) is 11.6. The number of aromatic nitrogens is 1. The lowest BCUT2D eigenvalue weighted by Crippen LogP contribution is -2.36. The minimum atomic E-state index is -4.38. The molecule has 0 spiro atoms. The molecule has 1 aromatic heterocycles. The van der Waals surface area contributed by atoms with Crippen LogP contribution in [0.25, 0.3) is 0 Å². The number of alkyl halides is 3. The van der Waals surface area contributed by atoms with E-state index in [2.05, 4.69) is 20.6 Å². The second-order valence-corrected chi connectivity index (χ2v) is 6.06. The van der Waals surface area contributed by atoms with E-state index >= 15 is 0 Å². The number of aliphatic imine (C=N–C) groups is 1. The fourth-order valence-electron chi connectivity index (χ4n) is 2.37. The molecule has 1 aromatic carbocycles. The molecule has 2 N–H and O–H groups in total. The van der Waals surface area contributed by atoms with Crippen molar-refractivity contribution >= 4 is 29.9 Å². The Kier molecular flexibility index (Phi) is 9.50. The van der Waals surface area contributed by atoms with Crippen LogP contribution in [0.5, 0.6) is 5.75 Å². The number of aryl methyl sites for hydroxylation is 2. The van der Waals surface area contributed by atoms with Gasteiger partial charge in [-0.25, -0.2) is 0 Å². The summed E-state index contributed by atoms with van der Waals surface area (Å²) in [6.45, 7) is 3.20. The van der Waals surface area contributed by atoms with Crippen molar-refractivity contribution < 1.29 is 17.9 Å². The van der Waals surface area contributed by atoms with Crippen LogP contribution in [0, 0.1) is 13.8 Å². The molecule has 5 nitrogen and oxygen atoms in total. The first-order chi connectivity index (χ1) is 12.8. The quantitative estimate of drug-likeness (QED) is 0.350. The zero-order valence-electron chi connectivity index (χ0n) is 15.9. The van der Waals surface area contributed by atoms with Gasteiger partial charge in [0.1, 0.15) is 5.75 Å². The Hall–Kier alpha value is -2.04. The van der Waals surface area contributed by atoms with Crippen molar-refractivity contribution in [1.29, 1.82) is 0 Å². The monoisotopic (exact) mass is 508 g/mol. The van der Waals surface area contributed by atoms with Gasteiger partial charge in [0.15, 0.2) is 12.6 Å². The van der Waals surface area contributed by atoms with Crippen LogP contribution >= 0.6 is 24.0 Å². The fourth-order valence-corrected chi connectivity index (χ4v) is 2.37. The lowest BCUT2D eigenvalue weighted by atomic mass is 10.1. The Labute approximate surface area is 179 Å². The van der Waals surface area contributed by atoms with Gasteiger partial charge in [-0.1, -0.05) is 18.2 Å². The van der Waals surface area contributed by atoms with Crippen molar-refractivity contribution in [3.8, 4) is 5.75 Å². The van der Waals surface area contributed by atoms with Gasteiger partial charge in [-0.15, -0.1) is 24.0 Å². The standard InChI is InChI=1S/C19H23F3N4O.HI/c1-13-6-7-15(17(9-13)27-12-19(20,21)22)10-25-18(23-3)26-11-16-14(2)5-4-8-24-16;/h4-9H,10-12H2,1-3H3,(H2,23,25,26);1H. The molecular weight excluding hydrogens is 484 g/mol. The minimum absolute atomic E-state index is 0. The number of halogens is 4. The molecule has 2 rings (SSSR count). The summed E-state index contributed by atoms with van der Waals surface area (Å²) in [7, 11) is 1.62. The van der Waals surface area contributed by atoms with Gasteiger partial charge in [0.2, 0.25) is 0 Å². The zero-order chi connectivity index (χ0) is 19.9. The summed E-state index contributed by atoms with van der Waals surface area (Å²) in [6.07, 6.45) is -2.66. The van der Waals surface area contributed by atoms with Gasteiger partial charge in [-0.05, 0) is 37.1 Å². The zero-order valence-corrected chi connectivity index (χ0v) is 18.3. The van der Waals surface area contributed by atoms with E-state index in [9.17, 15) is 13.2 Å². The smallest absolute Gasteiger partial charge is 0.422 e. The highest BCUT2D eigenvalue weighted by atomic mass is 127. The van der Waals surface area contributed by atoms with Crippen LogP contribution in [0.3, 0.4) is 0 Å². The van der Waals surface area contributed by atoms with E-state index < -0.39 is 12.8 Å². The highest BCUT2D eigenvalue weighted by molar-refractivity contribution is 14.0. The van der Waals surface area contributed by atoms with Gasteiger partial charge >= 0.3 is 6.18 Å². The Bertz CT molecular complexity index is 797. The second-order valence-electron chi connectivity index (χ2n) is 6.06. The summed E-state index contributed by atoms with van der Waals surface area (Å²) in [4.78, 5) is 8.43. The van der Waals surface area contributed by atoms with Crippen LogP contribution in [0.4, 0.5) is 13.2 Å². The Morgan fingerprint density at radius 2 is 1.86 bits per heavy atom. The third-order valence-electron chi connectivity index (χ3n) is 3.83. The van der Waals surface area contributed by atoms with Crippen molar-refractivity contribution in [3.63, 3.8) is 0 Å². The van der Waals surface area contributed by atoms with Crippen LogP contribution in [-0.4, -0.2) is 30.8 Å². The molecule has 0 amide bonds. The SMILES string of the molecule is CN=C(NCc1ccc(C)cc1OCC(F)(F)F)NCc1ncccc1C.I. The average molecular weight is 508 g/mol. The highest BCUT2D eigenvalue weighted by Crippen LogP contribution is 2.23. The van der Waals surface area contributed by atoms with Crippen molar-refractivity contribution in [2.45, 2.75) is 33.1 Å². The second kappa shape index (κ2) is 11.1. The third-order valence-corrected chi connectivity index (χ3v) is 3.83. The topological polar surface area (TPSA) is 58.5 Å². The largest absolute Gasteiger partial charge is 0.484 e. The fraction of sp³-hybridized carbons (Fsp3) is 0.368. The van der Waals surface area contributed by atoms with Crippen LogP contribution in [-0.2, 0) is 13.1 Å². The molecule has 0 aliphatic heterocycles. The maximum absolute atomic E-state index is 12.5. The third kappa shape index (κ3) is 7.91.